The highest BCUT2D eigenvalue weighted by Crippen LogP contribution is 2.37. The van der Waals surface area contributed by atoms with Gasteiger partial charge < -0.3 is 4.74 Å². The summed E-state index contributed by atoms with van der Waals surface area (Å²) < 4.78 is 22.9. The van der Waals surface area contributed by atoms with Crippen molar-refractivity contribution < 1.29 is 18.7 Å². The number of hydrogen-bond donors (Lipinski definition) is 2. The van der Waals surface area contributed by atoms with Crippen molar-refractivity contribution in [1.82, 2.24) is 40.4 Å². The maximum absolute atomic E-state index is 13.6. The highest BCUT2D eigenvalue weighted by atomic mass is 19.1. The van der Waals surface area contributed by atoms with E-state index in [0.29, 0.717) is 52.2 Å². The van der Waals surface area contributed by atoms with Gasteiger partial charge in [-0.05, 0) is 56.9 Å². The van der Waals surface area contributed by atoms with Gasteiger partial charge in [-0.2, -0.15) is 10.2 Å². The Hall–Kier alpha value is -4.61. The van der Waals surface area contributed by atoms with Crippen LogP contribution in [-0.2, 0) is 17.8 Å². The predicted molar refractivity (Wildman–Crippen MR) is 140 cm³/mol. The van der Waals surface area contributed by atoms with Crippen molar-refractivity contribution in [3.05, 3.63) is 70.8 Å². The van der Waals surface area contributed by atoms with Gasteiger partial charge in [0.1, 0.15) is 17.8 Å². The number of nitrogens with zero attached hydrogens (tertiary/aromatic N) is 6. The van der Waals surface area contributed by atoms with E-state index >= 15 is 0 Å². The first-order chi connectivity index (χ1) is 18.7. The van der Waals surface area contributed by atoms with Gasteiger partial charge in [0.2, 0.25) is 5.91 Å². The van der Waals surface area contributed by atoms with Gasteiger partial charge in [0, 0.05) is 31.5 Å². The van der Waals surface area contributed by atoms with Crippen molar-refractivity contribution in [2.75, 3.05) is 7.11 Å². The molecule has 0 atom stereocenters. The number of benzene rings is 1. The van der Waals surface area contributed by atoms with Crippen LogP contribution in [0.1, 0.15) is 52.9 Å². The Balaban J connectivity index is 1.48. The Bertz CT molecular complexity index is 1540. The van der Waals surface area contributed by atoms with E-state index in [-0.39, 0.29) is 11.7 Å². The van der Waals surface area contributed by atoms with Crippen molar-refractivity contribution in [1.29, 1.82) is 0 Å². The van der Waals surface area contributed by atoms with E-state index in [4.69, 9.17) is 9.84 Å². The molecule has 0 aliphatic heterocycles. The molecule has 0 unspecified atom stereocenters. The van der Waals surface area contributed by atoms with Crippen LogP contribution in [0.25, 0.3) is 17.1 Å². The average molecular weight is 533 g/mol. The molecule has 0 saturated heterocycles. The number of hydrogen-bond acceptors (Lipinski definition) is 7. The fourth-order valence-electron chi connectivity index (χ4n) is 4.53. The summed E-state index contributed by atoms with van der Waals surface area (Å²) in [6, 6.07) is 8.00. The smallest absolute Gasteiger partial charge is 0.273 e. The molecule has 1 fully saturated rings. The van der Waals surface area contributed by atoms with E-state index in [0.717, 1.165) is 30.6 Å². The van der Waals surface area contributed by atoms with Crippen LogP contribution in [0.15, 0.2) is 36.7 Å². The van der Waals surface area contributed by atoms with E-state index in [2.05, 4.69) is 25.9 Å². The summed E-state index contributed by atoms with van der Waals surface area (Å²) in [7, 11) is 1.60. The summed E-state index contributed by atoms with van der Waals surface area (Å²) in [6.07, 6.45) is 4.17. The molecule has 1 saturated carbocycles. The maximum atomic E-state index is 13.6. The monoisotopic (exact) mass is 532 g/mol. The summed E-state index contributed by atoms with van der Waals surface area (Å²) in [5, 5.41) is 9.36. The van der Waals surface area contributed by atoms with Gasteiger partial charge in [-0.25, -0.2) is 19.0 Å². The standard InChI is InChI=1S/C27H29FN8O3/c1-15-24(27(38)32-31-17(3)37)16(2)36(33-15)23-12-21(29-14-30-23)11-22-26(39-4)25(19-7-9-20(28)10-8-19)34-35(22)13-18-5-6-18/h7-10,12,14,18H,5-6,11,13H2,1-4H3,(H,31,37)(H,32,38). The first-order valence-corrected chi connectivity index (χ1v) is 12.6. The first-order valence-electron chi connectivity index (χ1n) is 12.6. The summed E-state index contributed by atoms with van der Waals surface area (Å²) >= 11 is 0. The molecule has 1 aliphatic carbocycles. The molecule has 3 heterocycles. The number of aryl methyl sites for hydroxylation is 1. The van der Waals surface area contributed by atoms with Crippen LogP contribution < -0.4 is 15.6 Å². The van der Waals surface area contributed by atoms with E-state index in [9.17, 15) is 14.0 Å². The normalized spacial score (nSPS) is 12.8. The minimum Gasteiger partial charge on any atom is -0.492 e. The molecule has 39 heavy (non-hydrogen) atoms. The third kappa shape index (κ3) is 5.49. The lowest BCUT2D eigenvalue weighted by atomic mass is 10.1. The number of methoxy groups -OCH3 is 1. The second-order valence-corrected chi connectivity index (χ2v) is 9.60. The van der Waals surface area contributed by atoms with E-state index < -0.39 is 5.91 Å². The molecule has 3 aromatic heterocycles. The van der Waals surface area contributed by atoms with Gasteiger partial charge in [-0.3, -0.25) is 25.1 Å². The molecular formula is C27H29FN8O3. The zero-order chi connectivity index (χ0) is 27.7. The van der Waals surface area contributed by atoms with Gasteiger partial charge in [-0.15, -0.1) is 0 Å². The quantitative estimate of drug-likeness (QED) is 0.334. The number of nitrogens with one attached hydrogen (secondary N) is 2. The van der Waals surface area contributed by atoms with Crippen LogP contribution in [0.3, 0.4) is 0 Å². The minimum absolute atomic E-state index is 0.316. The van der Waals surface area contributed by atoms with Gasteiger partial charge in [0.15, 0.2) is 11.6 Å². The van der Waals surface area contributed by atoms with Crippen molar-refractivity contribution in [3.63, 3.8) is 0 Å². The zero-order valence-electron chi connectivity index (χ0n) is 22.2. The number of ether oxygens (including phenoxy) is 1. The van der Waals surface area contributed by atoms with Crippen LogP contribution in [0, 0.1) is 25.6 Å². The number of halogens is 1. The SMILES string of the molecule is COc1c(-c2ccc(F)cc2)nn(CC2CC2)c1Cc1cc(-n2nc(C)c(C(=O)NNC(C)=O)c2C)ncn1. The van der Waals surface area contributed by atoms with E-state index in [1.807, 2.05) is 4.68 Å². The van der Waals surface area contributed by atoms with Crippen LogP contribution >= 0.6 is 0 Å². The van der Waals surface area contributed by atoms with Gasteiger partial charge >= 0.3 is 0 Å². The van der Waals surface area contributed by atoms with Crippen LogP contribution in [0.5, 0.6) is 5.75 Å². The molecule has 1 aliphatic rings. The molecule has 2 amide bonds. The molecule has 0 bridgehead atoms. The molecule has 0 spiro atoms. The second kappa shape index (κ2) is 10.6. The fraction of sp³-hybridized carbons (Fsp3) is 0.333. The lowest BCUT2D eigenvalue weighted by molar-refractivity contribution is -0.119. The highest BCUT2D eigenvalue weighted by molar-refractivity contribution is 5.97. The summed E-state index contributed by atoms with van der Waals surface area (Å²) in [6.45, 7) is 5.54. The Morgan fingerprint density at radius 1 is 1.10 bits per heavy atom. The molecule has 4 aromatic rings. The third-order valence-corrected chi connectivity index (χ3v) is 6.60. The number of hydrazine groups is 1. The molecule has 0 radical (unpaired) electrons. The van der Waals surface area contributed by atoms with E-state index in [1.54, 1.807) is 43.8 Å². The highest BCUT2D eigenvalue weighted by Gasteiger charge is 2.27. The molecule has 11 nitrogen and oxygen atoms in total. The van der Waals surface area contributed by atoms with Crippen LogP contribution in [0.4, 0.5) is 4.39 Å². The Morgan fingerprint density at radius 3 is 2.51 bits per heavy atom. The van der Waals surface area contributed by atoms with E-state index in [1.165, 1.54) is 25.4 Å². The number of carbonyl (C=O) groups excluding carboxylic acids is 2. The summed E-state index contributed by atoms with van der Waals surface area (Å²) in [5.74, 6) is 0.500. The second-order valence-electron chi connectivity index (χ2n) is 9.60. The van der Waals surface area contributed by atoms with Gasteiger partial charge in [0.25, 0.3) is 5.91 Å². The lowest BCUT2D eigenvalue weighted by Gasteiger charge is -2.10. The molecule has 12 heteroatoms. The Kier molecular flexibility index (Phi) is 7.09. The third-order valence-electron chi connectivity index (χ3n) is 6.60. The summed E-state index contributed by atoms with van der Waals surface area (Å²) in [4.78, 5) is 32.7. The van der Waals surface area contributed by atoms with Crippen molar-refractivity contribution in [2.24, 2.45) is 5.92 Å². The summed E-state index contributed by atoms with van der Waals surface area (Å²) in [5.41, 5.74) is 9.05. The van der Waals surface area contributed by atoms with Gasteiger partial charge in [-0.1, -0.05) is 0 Å². The fourth-order valence-corrected chi connectivity index (χ4v) is 4.53. The van der Waals surface area contributed by atoms with Crippen LogP contribution in [0.2, 0.25) is 0 Å². The largest absolute Gasteiger partial charge is 0.492 e. The number of amides is 2. The maximum Gasteiger partial charge on any atom is 0.273 e. The minimum atomic E-state index is -0.470. The Labute approximate surface area is 224 Å². The molecule has 202 valence electrons. The van der Waals surface area contributed by atoms with Crippen molar-refractivity contribution in [2.45, 2.75) is 46.6 Å². The topological polar surface area (TPSA) is 129 Å². The lowest BCUT2D eigenvalue weighted by Crippen LogP contribution is -2.40. The van der Waals surface area contributed by atoms with Crippen molar-refractivity contribution in [3.8, 4) is 22.8 Å². The number of carbonyl (C=O) groups is 2. The number of rotatable bonds is 8. The van der Waals surface area contributed by atoms with Gasteiger partial charge in [0.05, 0.1) is 35.4 Å². The molecule has 1 aromatic carbocycles. The first kappa shape index (κ1) is 26.0. The molecule has 2 N–H and O–H groups in total. The van der Waals surface area contributed by atoms with Crippen LogP contribution in [-0.4, -0.2) is 48.5 Å². The number of aromatic nitrogens is 6. The zero-order valence-corrected chi connectivity index (χ0v) is 22.2. The predicted octanol–water partition coefficient (Wildman–Crippen LogP) is 3.07. The molecule has 5 rings (SSSR count). The average Bonchev–Trinajstić information content (AvgIpc) is 3.60. The molecular weight excluding hydrogens is 503 g/mol. The Morgan fingerprint density at radius 2 is 1.85 bits per heavy atom. The van der Waals surface area contributed by atoms with Crippen molar-refractivity contribution >= 4 is 11.8 Å².